The zero-order valence-electron chi connectivity index (χ0n) is 16.5. The van der Waals surface area contributed by atoms with Gasteiger partial charge in [0.2, 0.25) is 5.91 Å². The summed E-state index contributed by atoms with van der Waals surface area (Å²) in [7, 11) is -1.44. The number of carbonyl (C=O) groups is 1. The number of amides is 1. The number of halogens is 1. The van der Waals surface area contributed by atoms with Gasteiger partial charge >= 0.3 is 0 Å². The van der Waals surface area contributed by atoms with Crippen molar-refractivity contribution in [1.29, 1.82) is 0 Å². The van der Waals surface area contributed by atoms with Crippen LogP contribution in [-0.4, -0.2) is 44.0 Å². The van der Waals surface area contributed by atoms with E-state index >= 15 is 0 Å². The Bertz CT molecular complexity index is 1170. The van der Waals surface area contributed by atoms with Gasteiger partial charge in [-0.1, -0.05) is 29.8 Å². The van der Waals surface area contributed by atoms with Crippen molar-refractivity contribution in [1.82, 2.24) is 10.3 Å². The minimum Gasteiger partial charge on any atom is -0.496 e. The molecule has 6 nitrogen and oxygen atoms in total. The molecule has 2 atom stereocenters. The summed E-state index contributed by atoms with van der Waals surface area (Å²) in [4.78, 5) is 16.1. The van der Waals surface area contributed by atoms with Gasteiger partial charge in [0.05, 0.1) is 18.6 Å². The molecule has 2 heterocycles. The fourth-order valence-corrected chi connectivity index (χ4v) is 5.90. The maximum Gasteiger partial charge on any atom is 0.221 e. The Labute approximate surface area is 180 Å². The largest absolute Gasteiger partial charge is 0.496 e. The molecule has 1 saturated heterocycles. The predicted molar refractivity (Wildman–Crippen MR) is 118 cm³/mol. The Hall–Kier alpha value is -2.51. The Morgan fingerprint density at radius 3 is 2.70 bits per heavy atom. The van der Waals surface area contributed by atoms with Crippen LogP contribution in [0.15, 0.2) is 48.7 Å². The maximum absolute atomic E-state index is 12.9. The van der Waals surface area contributed by atoms with Gasteiger partial charge in [-0.15, -0.1) is 0 Å². The summed E-state index contributed by atoms with van der Waals surface area (Å²) >= 11 is 6.07. The van der Waals surface area contributed by atoms with Gasteiger partial charge in [-0.25, -0.2) is 8.42 Å². The number of hydrogen-bond acceptors (Lipinski definition) is 4. The molecule has 2 N–H and O–H groups in total. The fourth-order valence-electron chi connectivity index (χ4n) is 4.11. The number of carbonyl (C=O) groups excluding carboxylic acids is 1. The van der Waals surface area contributed by atoms with Gasteiger partial charge < -0.3 is 15.0 Å². The normalized spacial score (nSPS) is 18.9. The SMILES string of the molecule is COc1cccc2[nH]cc([C@@H](CC(=O)N[C@H]3CCS(=O)(=O)C3)c3ccc(Cl)cc3)c12. The van der Waals surface area contributed by atoms with Crippen LogP contribution >= 0.6 is 11.6 Å². The van der Waals surface area contributed by atoms with Crippen LogP contribution in [0.2, 0.25) is 5.02 Å². The third-order valence-corrected chi connectivity index (χ3v) is 7.57. The van der Waals surface area contributed by atoms with Gasteiger partial charge in [0, 0.05) is 40.5 Å². The number of H-pyrrole nitrogens is 1. The van der Waals surface area contributed by atoms with Crippen molar-refractivity contribution in [2.75, 3.05) is 18.6 Å². The lowest BCUT2D eigenvalue weighted by molar-refractivity contribution is -0.121. The van der Waals surface area contributed by atoms with E-state index in [4.69, 9.17) is 16.3 Å². The summed E-state index contributed by atoms with van der Waals surface area (Å²) in [6.45, 7) is 0. The number of aromatic amines is 1. The summed E-state index contributed by atoms with van der Waals surface area (Å²) in [5.74, 6) is 0.431. The van der Waals surface area contributed by atoms with Crippen molar-refractivity contribution >= 4 is 38.2 Å². The van der Waals surface area contributed by atoms with Crippen LogP contribution in [0.5, 0.6) is 5.75 Å². The minimum atomic E-state index is -3.06. The van der Waals surface area contributed by atoms with Crippen LogP contribution < -0.4 is 10.1 Å². The number of aromatic nitrogens is 1. The molecule has 1 amide bonds. The maximum atomic E-state index is 12.9. The van der Waals surface area contributed by atoms with E-state index in [0.717, 1.165) is 27.8 Å². The zero-order chi connectivity index (χ0) is 21.3. The van der Waals surface area contributed by atoms with E-state index in [1.807, 2.05) is 36.5 Å². The van der Waals surface area contributed by atoms with E-state index in [1.54, 1.807) is 19.2 Å². The predicted octanol–water partition coefficient (Wildman–Crippen LogP) is 3.66. The number of methoxy groups -OCH3 is 1. The first-order valence-electron chi connectivity index (χ1n) is 9.75. The number of sulfone groups is 1. The molecule has 0 unspecified atom stereocenters. The second-order valence-corrected chi connectivity index (χ2v) is 10.3. The van der Waals surface area contributed by atoms with Gasteiger partial charge in [0.1, 0.15) is 5.75 Å². The third kappa shape index (κ3) is 4.32. The topological polar surface area (TPSA) is 88.3 Å². The summed E-state index contributed by atoms with van der Waals surface area (Å²) < 4.78 is 29.0. The highest BCUT2D eigenvalue weighted by Crippen LogP contribution is 2.38. The average Bonchev–Trinajstić information content (AvgIpc) is 3.29. The fraction of sp³-hybridized carbons (Fsp3) is 0.318. The first-order chi connectivity index (χ1) is 14.4. The Balaban J connectivity index is 1.67. The van der Waals surface area contributed by atoms with E-state index in [2.05, 4.69) is 10.3 Å². The molecule has 8 heteroatoms. The Morgan fingerprint density at radius 2 is 2.03 bits per heavy atom. The number of hydrogen-bond donors (Lipinski definition) is 2. The molecule has 30 heavy (non-hydrogen) atoms. The van der Waals surface area contributed by atoms with Crippen molar-refractivity contribution in [3.05, 3.63) is 64.8 Å². The highest BCUT2D eigenvalue weighted by molar-refractivity contribution is 7.91. The summed E-state index contributed by atoms with van der Waals surface area (Å²) in [5, 5.41) is 4.45. The van der Waals surface area contributed by atoms with E-state index in [1.165, 1.54) is 0 Å². The molecule has 0 aliphatic carbocycles. The number of ether oxygens (including phenoxy) is 1. The quantitative estimate of drug-likeness (QED) is 0.604. The first kappa shape index (κ1) is 20.8. The Morgan fingerprint density at radius 1 is 1.27 bits per heavy atom. The standard InChI is InChI=1S/C22H23ClN2O4S/c1-29-20-4-2-3-19-22(20)18(12-24-19)17(14-5-7-15(23)8-6-14)11-21(26)25-16-9-10-30(27,28)13-16/h2-8,12,16-17,24H,9-11,13H2,1H3,(H,25,26)/t16-,17-/m0/s1. The van der Waals surface area contributed by atoms with Gasteiger partial charge in [-0.3, -0.25) is 4.79 Å². The second kappa shape index (κ2) is 8.32. The second-order valence-electron chi connectivity index (χ2n) is 7.60. The molecule has 0 spiro atoms. The van der Waals surface area contributed by atoms with E-state index in [0.29, 0.717) is 11.4 Å². The molecule has 4 rings (SSSR count). The average molecular weight is 447 g/mol. The summed E-state index contributed by atoms with van der Waals surface area (Å²) in [6.07, 6.45) is 2.55. The molecule has 1 aliphatic rings. The lowest BCUT2D eigenvalue weighted by atomic mass is 9.87. The van der Waals surface area contributed by atoms with Crippen LogP contribution in [0.3, 0.4) is 0 Å². The molecule has 0 saturated carbocycles. The van der Waals surface area contributed by atoms with Gasteiger partial charge in [0.15, 0.2) is 9.84 Å². The third-order valence-electron chi connectivity index (χ3n) is 5.55. The van der Waals surface area contributed by atoms with Crippen LogP contribution in [0.1, 0.15) is 29.9 Å². The minimum absolute atomic E-state index is 0.00522. The van der Waals surface area contributed by atoms with E-state index in [-0.39, 0.29) is 35.8 Å². The highest BCUT2D eigenvalue weighted by Gasteiger charge is 2.30. The lowest BCUT2D eigenvalue weighted by Gasteiger charge is -2.19. The first-order valence-corrected chi connectivity index (χ1v) is 12.0. The molecular formula is C22H23ClN2O4S. The van der Waals surface area contributed by atoms with E-state index < -0.39 is 9.84 Å². The smallest absolute Gasteiger partial charge is 0.221 e. The van der Waals surface area contributed by atoms with Crippen LogP contribution in [0.25, 0.3) is 10.9 Å². The number of fused-ring (bicyclic) bond motifs is 1. The van der Waals surface area contributed by atoms with Crippen molar-refractivity contribution in [2.45, 2.75) is 24.8 Å². The molecule has 0 radical (unpaired) electrons. The molecule has 1 fully saturated rings. The zero-order valence-corrected chi connectivity index (χ0v) is 18.1. The van der Waals surface area contributed by atoms with Crippen LogP contribution in [-0.2, 0) is 14.6 Å². The molecule has 158 valence electrons. The molecule has 3 aromatic rings. The van der Waals surface area contributed by atoms with Crippen molar-refractivity contribution in [3.63, 3.8) is 0 Å². The number of benzene rings is 2. The molecule has 2 aromatic carbocycles. The molecule has 1 aliphatic heterocycles. The number of rotatable bonds is 6. The lowest BCUT2D eigenvalue weighted by Crippen LogP contribution is -2.36. The highest BCUT2D eigenvalue weighted by atomic mass is 35.5. The molecule has 1 aromatic heterocycles. The molecular weight excluding hydrogens is 424 g/mol. The monoisotopic (exact) mass is 446 g/mol. The summed E-state index contributed by atoms with van der Waals surface area (Å²) in [5.41, 5.74) is 2.81. The van der Waals surface area contributed by atoms with Crippen LogP contribution in [0.4, 0.5) is 0 Å². The van der Waals surface area contributed by atoms with Crippen molar-refractivity contribution in [2.24, 2.45) is 0 Å². The summed E-state index contributed by atoms with van der Waals surface area (Å²) in [6, 6.07) is 12.9. The van der Waals surface area contributed by atoms with E-state index in [9.17, 15) is 13.2 Å². The van der Waals surface area contributed by atoms with Crippen molar-refractivity contribution in [3.8, 4) is 5.75 Å². The van der Waals surface area contributed by atoms with Crippen LogP contribution in [0, 0.1) is 0 Å². The Kier molecular flexibility index (Phi) is 5.75. The van der Waals surface area contributed by atoms with Crippen molar-refractivity contribution < 1.29 is 17.9 Å². The number of nitrogens with one attached hydrogen (secondary N) is 2. The van der Waals surface area contributed by atoms with Gasteiger partial charge in [-0.05, 0) is 41.8 Å². The van der Waals surface area contributed by atoms with Gasteiger partial charge in [0.25, 0.3) is 0 Å². The van der Waals surface area contributed by atoms with Gasteiger partial charge in [-0.2, -0.15) is 0 Å². The molecule has 0 bridgehead atoms.